The summed E-state index contributed by atoms with van der Waals surface area (Å²) in [6.45, 7) is 3.47. The Kier molecular flexibility index (Phi) is 5.35. The number of halogens is 4. The molecule has 0 saturated heterocycles. The fraction of sp³-hybridized carbons (Fsp3) is 0.304. The predicted molar refractivity (Wildman–Crippen MR) is 114 cm³/mol. The highest BCUT2D eigenvalue weighted by Crippen LogP contribution is 2.52. The van der Waals surface area contributed by atoms with E-state index in [1.165, 1.54) is 42.6 Å². The van der Waals surface area contributed by atoms with E-state index in [2.05, 4.69) is 4.98 Å². The number of hydrogen-bond donors (Lipinski definition) is 1. The zero-order valence-corrected chi connectivity index (χ0v) is 18.4. The highest BCUT2D eigenvalue weighted by Gasteiger charge is 2.72. The van der Waals surface area contributed by atoms with Gasteiger partial charge in [0.1, 0.15) is 0 Å². The molecule has 0 spiro atoms. The molecular weight excluding hydrogens is 459 g/mol. The Labute approximate surface area is 192 Å². The Balaban J connectivity index is 1.94. The lowest BCUT2D eigenvalue weighted by atomic mass is 9.72. The summed E-state index contributed by atoms with van der Waals surface area (Å²) in [4.78, 5) is 44.2. The minimum atomic E-state index is -5.29. The van der Waals surface area contributed by atoms with Gasteiger partial charge in [-0.3, -0.25) is 24.3 Å². The Morgan fingerprint density at radius 3 is 2.36 bits per heavy atom. The molecule has 10 heteroatoms. The molecular formula is C23H19ClF3N3O3. The summed E-state index contributed by atoms with van der Waals surface area (Å²) < 4.78 is 44.2. The van der Waals surface area contributed by atoms with Crippen LogP contribution in [-0.4, -0.2) is 34.3 Å². The van der Waals surface area contributed by atoms with Crippen LogP contribution < -0.4 is 10.2 Å². The fourth-order valence-corrected chi connectivity index (χ4v) is 4.48. The number of pyridine rings is 1. The van der Waals surface area contributed by atoms with Crippen molar-refractivity contribution in [2.24, 2.45) is 5.41 Å². The largest absolute Gasteiger partial charge is 0.425 e. The fourth-order valence-electron chi connectivity index (χ4n) is 4.35. The number of alkyl halides is 3. The molecule has 1 N–H and O–H groups in total. The van der Waals surface area contributed by atoms with E-state index in [1.807, 2.05) is 5.32 Å². The van der Waals surface area contributed by atoms with Crippen molar-refractivity contribution in [3.63, 3.8) is 0 Å². The van der Waals surface area contributed by atoms with E-state index in [9.17, 15) is 27.6 Å². The average molecular weight is 478 g/mol. The second-order valence-corrected chi connectivity index (χ2v) is 9.26. The third-order valence-corrected chi connectivity index (χ3v) is 6.01. The monoisotopic (exact) mass is 477 g/mol. The first-order chi connectivity index (χ1) is 15.4. The van der Waals surface area contributed by atoms with E-state index in [0.29, 0.717) is 5.02 Å². The van der Waals surface area contributed by atoms with Crippen LogP contribution in [0.5, 0.6) is 0 Å². The van der Waals surface area contributed by atoms with Crippen molar-refractivity contribution in [1.82, 2.24) is 10.3 Å². The maximum Gasteiger partial charge on any atom is 0.425 e. The van der Waals surface area contributed by atoms with Gasteiger partial charge in [0.05, 0.1) is 11.1 Å². The molecule has 2 heterocycles. The number of benzene rings is 1. The van der Waals surface area contributed by atoms with Gasteiger partial charge < -0.3 is 5.32 Å². The van der Waals surface area contributed by atoms with Crippen LogP contribution >= 0.6 is 11.6 Å². The molecule has 0 unspecified atom stereocenters. The van der Waals surface area contributed by atoms with Gasteiger partial charge in [0, 0.05) is 35.2 Å². The average Bonchev–Trinajstić information content (AvgIpc) is 2.97. The Morgan fingerprint density at radius 2 is 1.79 bits per heavy atom. The summed E-state index contributed by atoms with van der Waals surface area (Å²) in [6.07, 6.45) is -3.03. The number of hydrogen-bond acceptors (Lipinski definition) is 4. The van der Waals surface area contributed by atoms with Crippen LogP contribution in [0.15, 0.2) is 60.1 Å². The number of aromatic nitrogens is 1. The molecule has 2 aromatic rings. The first-order valence-corrected chi connectivity index (χ1v) is 10.4. The van der Waals surface area contributed by atoms with Crippen LogP contribution in [0.3, 0.4) is 0 Å². The third kappa shape index (κ3) is 3.70. The summed E-state index contributed by atoms with van der Waals surface area (Å²) in [6, 6.07) is 8.30. The van der Waals surface area contributed by atoms with Crippen LogP contribution in [0.2, 0.25) is 5.02 Å². The van der Waals surface area contributed by atoms with Gasteiger partial charge in [0.15, 0.2) is 5.78 Å². The van der Waals surface area contributed by atoms with Crippen molar-refractivity contribution in [3.05, 3.63) is 70.6 Å². The predicted octanol–water partition coefficient (Wildman–Crippen LogP) is 4.46. The van der Waals surface area contributed by atoms with Gasteiger partial charge in [0.2, 0.25) is 5.54 Å². The highest BCUT2D eigenvalue weighted by atomic mass is 35.5. The normalized spacial score (nSPS) is 22.4. The SMILES string of the molecule is CC1(C)CC(=O)C2=C(C1)N(c1ccc(Cl)cc1)C(=O)[C@]2(NC(=O)c1cccnc1)C(F)(F)F. The quantitative estimate of drug-likeness (QED) is 0.708. The lowest BCUT2D eigenvalue weighted by Crippen LogP contribution is -2.66. The number of allylic oxidation sites excluding steroid dienone is 1. The minimum absolute atomic E-state index is 0.0308. The highest BCUT2D eigenvalue weighted by molar-refractivity contribution is 6.30. The van der Waals surface area contributed by atoms with Crippen LogP contribution in [0.25, 0.3) is 0 Å². The van der Waals surface area contributed by atoms with E-state index in [0.717, 1.165) is 11.1 Å². The number of carbonyl (C=O) groups excluding carboxylic acids is 3. The van der Waals surface area contributed by atoms with E-state index in [1.54, 1.807) is 13.8 Å². The molecule has 6 nitrogen and oxygen atoms in total. The summed E-state index contributed by atoms with van der Waals surface area (Å²) in [5.74, 6) is -3.48. The van der Waals surface area contributed by atoms with Crippen LogP contribution in [0.4, 0.5) is 18.9 Å². The maximum atomic E-state index is 14.7. The molecule has 1 aliphatic carbocycles. The molecule has 33 heavy (non-hydrogen) atoms. The van der Waals surface area contributed by atoms with Crippen LogP contribution in [0.1, 0.15) is 37.0 Å². The summed E-state index contributed by atoms with van der Waals surface area (Å²) in [7, 11) is 0. The Hall–Kier alpha value is -3.20. The maximum absolute atomic E-state index is 14.7. The lowest BCUT2D eigenvalue weighted by Gasteiger charge is -2.35. The minimum Gasteiger partial charge on any atom is -0.326 e. The standard InChI is InChI=1S/C23H19ClF3N3O3/c1-21(2)10-16-18(17(31)11-21)22(23(25,26)27,29-19(32)13-4-3-9-28-12-13)20(33)30(16)15-7-5-14(24)6-8-15/h3-9,12H,10-11H2,1-2H3,(H,29,32)/t22-/m0/s1. The lowest BCUT2D eigenvalue weighted by molar-refractivity contribution is -0.186. The molecule has 2 amide bonds. The summed E-state index contributed by atoms with van der Waals surface area (Å²) in [5.41, 5.74) is -5.09. The molecule has 0 saturated carbocycles. The number of nitrogens with zero attached hydrogens (tertiary/aromatic N) is 2. The van der Waals surface area contributed by atoms with Crippen molar-refractivity contribution in [2.45, 2.75) is 38.4 Å². The molecule has 0 bridgehead atoms. The number of ketones is 1. The Morgan fingerprint density at radius 1 is 1.12 bits per heavy atom. The molecule has 172 valence electrons. The summed E-state index contributed by atoms with van der Waals surface area (Å²) >= 11 is 5.91. The molecule has 4 rings (SSSR count). The van der Waals surface area contributed by atoms with Gasteiger partial charge in [-0.25, -0.2) is 0 Å². The van der Waals surface area contributed by atoms with Gasteiger partial charge in [-0.2, -0.15) is 13.2 Å². The Bertz CT molecular complexity index is 1180. The van der Waals surface area contributed by atoms with Crippen molar-refractivity contribution in [2.75, 3.05) is 4.90 Å². The van der Waals surface area contributed by atoms with E-state index in [4.69, 9.17) is 11.6 Å². The van der Waals surface area contributed by atoms with Gasteiger partial charge in [-0.15, -0.1) is 0 Å². The number of nitrogens with one attached hydrogen (secondary N) is 1. The smallest absolute Gasteiger partial charge is 0.326 e. The van der Waals surface area contributed by atoms with Crippen molar-refractivity contribution in [3.8, 4) is 0 Å². The number of rotatable bonds is 3. The number of Topliss-reactive ketones (excluding diaryl/α,β-unsaturated/α-hetero) is 1. The topological polar surface area (TPSA) is 79.4 Å². The first kappa shape index (κ1) is 23.0. The molecule has 1 atom stereocenters. The van der Waals surface area contributed by atoms with Crippen molar-refractivity contribution in [1.29, 1.82) is 0 Å². The molecule has 1 aromatic carbocycles. The molecule has 1 aromatic heterocycles. The first-order valence-electron chi connectivity index (χ1n) is 10.0. The number of amides is 2. The zero-order chi connectivity index (χ0) is 24.2. The number of carbonyl (C=O) groups is 3. The van der Waals surface area contributed by atoms with Gasteiger partial charge in [0.25, 0.3) is 11.8 Å². The molecule has 0 radical (unpaired) electrons. The van der Waals surface area contributed by atoms with Gasteiger partial charge in [-0.05, 0) is 48.2 Å². The van der Waals surface area contributed by atoms with Crippen molar-refractivity contribution < 1.29 is 27.6 Å². The van der Waals surface area contributed by atoms with Gasteiger partial charge in [-0.1, -0.05) is 25.4 Å². The van der Waals surface area contributed by atoms with E-state index < -0.39 is 40.3 Å². The second-order valence-electron chi connectivity index (χ2n) is 8.82. The molecule has 2 aliphatic rings. The molecule has 0 fully saturated rings. The third-order valence-electron chi connectivity index (χ3n) is 5.76. The number of anilines is 1. The van der Waals surface area contributed by atoms with Crippen molar-refractivity contribution >= 4 is 34.9 Å². The van der Waals surface area contributed by atoms with Crippen LogP contribution in [0, 0.1) is 5.41 Å². The zero-order valence-electron chi connectivity index (χ0n) is 17.7. The van der Waals surface area contributed by atoms with E-state index in [-0.39, 0.29) is 29.8 Å². The molecule has 1 aliphatic heterocycles. The second kappa shape index (κ2) is 7.69. The van der Waals surface area contributed by atoms with Crippen LogP contribution in [-0.2, 0) is 9.59 Å². The van der Waals surface area contributed by atoms with E-state index >= 15 is 0 Å². The summed E-state index contributed by atoms with van der Waals surface area (Å²) in [5, 5.41) is 2.19. The van der Waals surface area contributed by atoms with Gasteiger partial charge >= 0.3 is 6.18 Å².